The fraction of sp³-hybridized carbons (Fsp3) is 0.700. The van der Waals surface area contributed by atoms with E-state index in [4.69, 9.17) is 11.2 Å². The van der Waals surface area contributed by atoms with E-state index in [1.807, 2.05) is 0 Å². The summed E-state index contributed by atoms with van der Waals surface area (Å²) >= 11 is 0. The maximum Gasteiger partial charge on any atom is 0.221 e. The molecule has 1 fully saturated rings. The number of rotatable bonds is 3. The van der Waals surface area contributed by atoms with Crippen molar-refractivity contribution >= 4 is 5.91 Å². The second-order valence-corrected chi connectivity index (χ2v) is 3.58. The largest absolute Gasteiger partial charge is 0.388 e. The van der Waals surface area contributed by atoms with Crippen molar-refractivity contribution in [3.05, 3.63) is 0 Å². The number of amides is 1. The quantitative estimate of drug-likeness (QED) is 0.418. The lowest BCUT2D eigenvalue weighted by Gasteiger charge is -2.35. The van der Waals surface area contributed by atoms with Crippen molar-refractivity contribution in [3.63, 3.8) is 0 Å². The fourth-order valence-electron chi connectivity index (χ4n) is 1.41. The molecular weight excluding hydrogens is 214 g/mol. The zero-order valence-electron chi connectivity index (χ0n) is 8.67. The summed E-state index contributed by atoms with van der Waals surface area (Å²) in [5, 5.41) is 30.6. The molecule has 1 aliphatic heterocycles. The standard InChI is InChI=1S/C10H15NO5/c1-2-3-4-7(13)11-8-9(14)6(12)5-16-10(8)15/h1,6,8-10,12,14-15H,3-5H2,(H,11,13). The van der Waals surface area contributed by atoms with E-state index < -0.39 is 30.4 Å². The molecule has 0 spiro atoms. The predicted octanol–water partition coefficient (Wildman–Crippen LogP) is -2.04. The van der Waals surface area contributed by atoms with E-state index in [1.54, 1.807) is 0 Å². The van der Waals surface area contributed by atoms with Gasteiger partial charge in [-0.05, 0) is 0 Å². The summed E-state index contributed by atoms with van der Waals surface area (Å²) in [5.74, 6) is 1.90. The minimum atomic E-state index is -1.33. The van der Waals surface area contributed by atoms with E-state index in [1.165, 1.54) is 0 Å². The summed E-state index contributed by atoms with van der Waals surface area (Å²) in [6.45, 7) is -0.168. The maximum absolute atomic E-state index is 11.3. The van der Waals surface area contributed by atoms with Crippen LogP contribution in [0.5, 0.6) is 0 Å². The summed E-state index contributed by atoms with van der Waals surface area (Å²) in [5.41, 5.74) is 0. The number of carbonyl (C=O) groups is 1. The van der Waals surface area contributed by atoms with E-state index in [2.05, 4.69) is 11.2 Å². The van der Waals surface area contributed by atoms with Gasteiger partial charge in [-0.25, -0.2) is 0 Å². The molecule has 1 heterocycles. The van der Waals surface area contributed by atoms with Crippen LogP contribution in [0.15, 0.2) is 0 Å². The highest BCUT2D eigenvalue weighted by Crippen LogP contribution is 2.13. The van der Waals surface area contributed by atoms with Gasteiger partial charge < -0.3 is 25.4 Å². The van der Waals surface area contributed by atoms with E-state index in [0.717, 1.165) is 0 Å². The maximum atomic E-state index is 11.3. The topological polar surface area (TPSA) is 99.0 Å². The number of terminal acetylenes is 1. The summed E-state index contributed by atoms with van der Waals surface area (Å²) in [6, 6.07) is -1.03. The molecule has 6 nitrogen and oxygen atoms in total. The summed E-state index contributed by atoms with van der Waals surface area (Å²) in [7, 11) is 0. The SMILES string of the molecule is C#CCCC(=O)NC1C(O)OCC(O)C1O. The molecule has 0 aliphatic carbocycles. The third kappa shape index (κ3) is 3.18. The van der Waals surface area contributed by atoms with Crippen LogP contribution < -0.4 is 5.32 Å². The molecule has 0 aromatic rings. The lowest BCUT2D eigenvalue weighted by Crippen LogP contribution is -2.60. The van der Waals surface area contributed by atoms with Crippen molar-refractivity contribution in [1.29, 1.82) is 0 Å². The van der Waals surface area contributed by atoms with Gasteiger partial charge in [0.1, 0.15) is 18.2 Å². The minimum absolute atomic E-state index is 0.0997. The van der Waals surface area contributed by atoms with E-state index in [9.17, 15) is 20.1 Å². The Morgan fingerprint density at radius 2 is 2.19 bits per heavy atom. The number of nitrogens with one attached hydrogen (secondary N) is 1. The summed E-state index contributed by atoms with van der Waals surface area (Å²) < 4.78 is 4.77. The van der Waals surface area contributed by atoms with Gasteiger partial charge in [0.05, 0.1) is 6.61 Å². The van der Waals surface area contributed by atoms with Crippen LogP contribution in [0.25, 0.3) is 0 Å². The second kappa shape index (κ2) is 5.82. The zero-order valence-corrected chi connectivity index (χ0v) is 8.67. The van der Waals surface area contributed by atoms with Crippen molar-refractivity contribution in [3.8, 4) is 12.3 Å². The van der Waals surface area contributed by atoms with Gasteiger partial charge in [0.2, 0.25) is 5.91 Å². The molecule has 6 heteroatoms. The van der Waals surface area contributed by atoms with Crippen molar-refractivity contribution in [1.82, 2.24) is 5.32 Å². The van der Waals surface area contributed by atoms with Crippen LogP contribution in [0.3, 0.4) is 0 Å². The molecule has 1 amide bonds. The van der Waals surface area contributed by atoms with Gasteiger partial charge in [0, 0.05) is 12.8 Å². The van der Waals surface area contributed by atoms with Crippen LogP contribution in [0.2, 0.25) is 0 Å². The normalized spacial score (nSPS) is 34.1. The van der Waals surface area contributed by atoms with Crippen LogP contribution in [0, 0.1) is 12.3 Å². The molecule has 0 aromatic heterocycles. The molecule has 0 aromatic carbocycles. The zero-order chi connectivity index (χ0) is 12.1. The summed E-state index contributed by atoms with van der Waals surface area (Å²) in [4.78, 5) is 11.3. The second-order valence-electron chi connectivity index (χ2n) is 3.58. The van der Waals surface area contributed by atoms with Gasteiger partial charge in [0.25, 0.3) is 0 Å². The Bertz CT molecular complexity index is 287. The van der Waals surface area contributed by atoms with Crippen LogP contribution in [-0.2, 0) is 9.53 Å². The Morgan fingerprint density at radius 1 is 1.50 bits per heavy atom. The molecule has 0 bridgehead atoms. The van der Waals surface area contributed by atoms with E-state index in [-0.39, 0.29) is 19.4 Å². The Balaban J connectivity index is 2.50. The van der Waals surface area contributed by atoms with Gasteiger partial charge in [-0.15, -0.1) is 12.3 Å². The molecule has 1 aliphatic rings. The molecule has 90 valence electrons. The molecule has 4 atom stereocenters. The van der Waals surface area contributed by atoms with Gasteiger partial charge in [-0.3, -0.25) is 4.79 Å². The fourth-order valence-corrected chi connectivity index (χ4v) is 1.41. The van der Waals surface area contributed by atoms with Crippen molar-refractivity contribution in [2.24, 2.45) is 0 Å². The van der Waals surface area contributed by atoms with Gasteiger partial charge in [-0.2, -0.15) is 0 Å². The molecule has 4 N–H and O–H groups in total. The number of hydrogen-bond donors (Lipinski definition) is 4. The lowest BCUT2D eigenvalue weighted by atomic mass is 10.0. The van der Waals surface area contributed by atoms with E-state index >= 15 is 0 Å². The first kappa shape index (κ1) is 12.9. The predicted molar refractivity (Wildman–Crippen MR) is 54.0 cm³/mol. The highest BCUT2D eigenvalue weighted by atomic mass is 16.6. The molecule has 0 radical (unpaired) electrons. The molecule has 1 saturated heterocycles. The van der Waals surface area contributed by atoms with Crippen LogP contribution in [0.4, 0.5) is 0 Å². The molecule has 4 unspecified atom stereocenters. The summed E-state index contributed by atoms with van der Waals surface area (Å²) in [6.07, 6.45) is 1.66. The lowest BCUT2D eigenvalue weighted by molar-refractivity contribution is -0.212. The molecule has 1 rings (SSSR count). The Hall–Kier alpha value is -1.13. The first-order valence-electron chi connectivity index (χ1n) is 4.95. The van der Waals surface area contributed by atoms with Gasteiger partial charge in [-0.1, -0.05) is 0 Å². The van der Waals surface area contributed by atoms with Crippen LogP contribution in [-0.4, -0.2) is 52.4 Å². The Kier molecular flexibility index (Phi) is 4.71. The smallest absolute Gasteiger partial charge is 0.221 e. The third-order valence-electron chi connectivity index (χ3n) is 2.33. The molecule has 16 heavy (non-hydrogen) atoms. The first-order valence-corrected chi connectivity index (χ1v) is 4.95. The Labute approximate surface area is 93.2 Å². The average molecular weight is 229 g/mol. The van der Waals surface area contributed by atoms with Crippen LogP contribution in [0.1, 0.15) is 12.8 Å². The molecular formula is C10H15NO5. The third-order valence-corrected chi connectivity index (χ3v) is 2.33. The highest BCUT2D eigenvalue weighted by molar-refractivity contribution is 5.76. The number of aliphatic hydroxyl groups excluding tert-OH is 3. The van der Waals surface area contributed by atoms with Gasteiger partial charge >= 0.3 is 0 Å². The van der Waals surface area contributed by atoms with Crippen molar-refractivity contribution in [2.75, 3.05) is 6.61 Å². The van der Waals surface area contributed by atoms with E-state index in [0.29, 0.717) is 0 Å². The number of aliphatic hydroxyl groups is 3. The number of carbonyl (C=O) groups excluding carboxylic acids is 1. The highest BCUT2D eigenvalue weighted by Gasteiger charge is 2.38. The number of ether oxygens (including phenoxy) is 1. The van der Waals surface area contributed by atoms with Crippen LogP contribution >= 0.6 is 0 Å². The Morgan fingerprint density at radius 3 is 2.81 bits per heavy atom. The number of hydrogen-bond acceptors (Lipinski definition) is 5. The average Bonchev–Trinajstić information content (AvgIpc) is 2.27. The van der Waals surface area contributed by atoms with Crippen molar-refractivity contribution in [2.45, 2.75) is 37.4 Å². The molecule has 0 saturated carbocycles. The first-order chi connectivity index (χ1) is 7.56. The minimum Gasteiger partial charge on any atom is -0.388 e. The monoisotopic (exact) mass is 229 g/mol. The van der Waals surface area contributed by atoms with Crippen molar-refractivity contribution < 1.29 is 24.9 Å². The van der Waals surface area contributed by atoms with Gasteiger partial charge in [0.15, 0.2) is 6.29 Å².